The molecule has 7 nitrogen and oxygen atoms in total. The van der Waals surface area contributed by atoms with Crippen molar-refractivity contribution in [2.75, 3.05) is 6.61 Å². The topological polar surface area (TPSA) is 107 Å². The Kier molecular flexibility index (Phi) is 6.50. The van der Waals surface area contributed by atoms with Gasteiger partial charge < -0.3 is 14.6 Å². The van der Waals surface area contributed by atoms with Gasteiger partial charge in [-0.2, -0.15) is 0 Å². The minimum absolute atomic E-state index is 0.00875. The zero-order chi connectivity index (χ0) is 27.8. The summed E-state index contributed by atoms with van der Waals surface area (Å²) in [5, 5.41) is 10.7. The second-order valence-corrected chi connectivity index (χ2v) is 13.2. The maximum Gasteiger partial charge on any atom is 0.307 e. The van der Waals surface area contributed by atoms with Crippen LogP contribution in [0.25, 0.3) is 0 Å². The molecule has 0 bridgehead atoms. The minimum atomic E-state index is -2.30. The molecule has 1 heterocycles. The van der Waals surface area contributed by atoms with Crippen LogP contribution >= 0.6 is 11.8 Å². The Labute approximate surface area is 224 Å². The van der Waals surface area contributed by atoms with E-state index in [1.54, 1.807) is 20.8 Å². The maximum absolute atomic E-state index is 17.4. The highest BCUT2D eigenvalue weighted by Crippen LogP contribution is 2.72. The number of hydrogen-bond donors (Lipinski definition) is 1. The van der Waals surface area contributed by atoms with Crippen molar-refractivity contribution in [1.29, 1.82) is 0 Å². The summed E-state index contributed by atoms with van der Waals surface area (Å²) in [5.74, 6) is -3.58. The van der Waals surface area contributed by atoms with Gasteiger partial charge in [0.15, 0.2) is 17.1 Å². The number of esters is 2. The van der Waals surface area contributed by atoms with Crippen molar-refractivity contribution in [1.82, 2.24) is 0 Å². The summed E-state index contributed by atoms with van der Waals surface area (Å²) < 4.78 is 44.2. The highest BCUT2D eigenvalue weighted by Gasteiger charge is 2.78. The predicted molar refractivity (Wildman–Crippen MR) is 134 cm³/mol. The molecule has 3 saturated carbocycles. The first kappa shape index (κ1) is 27.5. The molecule has 1 N–H and O–H groups in total. The molecule has 4 aliphatic carbocycles. The van der Waals surface area contributed by atoms with E-state index in [0.29, 0.717) is 0 Å². The smallest absolute Gasteiger partial charge is 0.307 e. The van der Waals surface area contributed by atoms with Gasteiger partial charge in [0.2, 0.25) is 5.12 Å². The number of cyclic esters (lactones) is 1. The van der Waals surface area contributed by atoms with E-state index in [9.17, 15) is 24.3 Å². The van der Waals surface area contributed by atoms with Gasteiger partial charge in [0.25, 0.3) is 0 Å². The lowest BCUT2D eigenvalue weighted by Gasteiger charge is -2.63. The second-order valence-electron chi connectivity index (χ2n) is 12.0. The summed E-state index contributed by atoms with van der Waals surface area (Å²) >= 11 is 0.896. The molecule has 5 aliphatic rings. The van der Waals surface area contributed by atoms with E-state index in [2.05, 4.69) is 0 Å². The van der Waals surface area contributed by atoms with Crippen LogP contribution in [0.1, 0.15) is 59.8 Å². The summed E-state index contributed by atoms with van der Waals surface area (Å²) in [6.07, 6.45) is 0.392. The Morgan fingerprint density at radius 3 is 2.58 bits per heavy atom. The molecule has 1 unspecified atom stereocenters. The number of aliphatic hydroxyl groups is 1. The van der Waals surface area contributed by atoms with Crippen LogP contribution in [0.5, 0.6) is 0 Å². The molecule has 0 spiro atoms. The van der Waals surface area contributed by atoms with Crippen LogP contribution in [0.2, 0.25) is 0 Å². The van der Waals surface area contributed by atoms with Gasteiger partial charge in [-0.15, -0.1) is 0 Å². The van der Waals surface area contributed by atoms with E-state index in [1.165, 1.54) is 19.1 Å². The van der Waals surface area contributed by atoms with E-state index in [0.717, 1.165) is 17.8 Å². The van der Waals surface area contributed by atoms with Crippen LogP contribution in [0.4, 0.5) is 8.78 Å². The fourth-order valence-electron chi connectivity index (χ4n) is 8.27. The molecule has 1 aliphatic heterocycles. The van der Waals surface area contributed by atoms with Gasteiger partial charge >= 0.3 is 11.9 Å². The summed E-state index contributed by atoms with van der Waals surface area (Å²) in [6, 6.07) is 0. The number of hydrogen-bond acceptors (Lipinski definition) is 8. The Morgan fingerprint density at radius 1 is 1.24 bits per heavy atom. The molecular formula is C28H34F2O7S. The van der Waals surface area contributed by atoms with Crippen LogP contribution in [0.3, 0.4) is 0 Å². The first-order valence-corrected chi connectivity index (χ1v) is 14.2. The highest BCUT2D eigenvalue weighted by atomic mass is 32.2. The average molecular weight is 553 g/mol. The third-order valence-electron chi connectivity index (χ3n) is 10.1. The van der Waals surface area contributed by atoms with Gasteiger partial charge in [0, 0.05) is 29.1 Å². The monoisotopic (exact) mass is 552 g/mol. The number of carbonyl (C=O) groups is 4. The zero-order valence-corrected chi connectivity index (χ0v) is 22.8. The van der Waals surface area contributed by atoms with Crippen LogP contribution in [-0.4, -0.2) is 63.3 Å². The van der Waals surface area contributed by atoms with Crippen LogP contribution in [0, 0.1) is 28.6 Å². The van der Waals surface area contributed by atoms with Gasteiger partial charge in [0.05, 0.1) is 17.8 Å². The lowest BCUT2D eigenvalue weighted by atomic mass is 9.44. The molecule has 0 amide bonds. The van der Waals surface area contributed by atoms with Crippen molar-refractivity contribution >= 4 is 34.6 Å². The molecule has 0 aromatic heterocycles. The van der Waals surface area contributed by atoms with Crippen molar-refractivity contribution < 1.29 is 42.5 Å². The number of halogens is 2. The molecular weight excluding hydrogens is 518 g/mol. The SMILES string of the molecule is CCC(=O)O[C@]1(C(=O)SC2COC(=O)C2)[C@H](C)C[C@H]2[C@@H]3C[C@H](F)C4=CC(=O)C=C[C@]4(C)[C@@]3(F)[C@@H](O)C[C@@]21C. The number of alkyl halides is 2. The predicted octanol–water partition coefficient (Wildman–Crippen LogP) is 3.82. The van der Waals surface area contributed by atoms with Crippen LogP contribution in [-0.2, 0) is 28.7 Å². The van der Waals surface area contributed by atoms with Crippen LogP contribution in [0.15, 0.2) is 23.8 Å². The van der Waals surface area contributed by atoms with E-state index in [-0.39, 0.29) is 44.3 Å². The lowest BCUT2D eigenvalue weighted by molar-refractivity contribution is -0.228. The standard InChI is InChI=1S/C28H34F2O7S/c1-5-22(33)37-28(24(35)38-16-10-23(34)36-13-16)14(2)8-17-18-11-20(29)19-9-15(31)6-7-25(19,3)27(18,30)21(32)12-26(17,28)4/h6-7,9,14,16-18,20-21,32H,5,8,10-13H2,1-4H3/t14-,16?,17+,18+,20+,21+,25+,26+,27+,28+/m1/s1. The Bertz CT molecular complexity index is 1150. The average Bonchev–Trinajstić information content (AvgIpc) is 3.35. The van der Waals surface area contributed by atoms with Gasteiger partial charge in [0.1, 0.15) is 12.8 Å². The number of aliphatic hydroxyl groups excluding tert-OH is 1. The Hall–Kier alpha value is -2.07. The van der Waals surface area contributed by atoms with Gasteiger partial charge in [-0.1, -0.05) is 38.6 Å². The lowest BCUT2D eigenvalue weighted by Crippen LogP contribution is -2.70. The van der Waals surface area contributed by atoms with E-state index < -0.39 is 80.2 Å². The summed E-state index contributed by atoms with van der Waals surface area (Å²) in [7, 11) is 0. The molecule has 38 heavy (non-hydrogen) atoms. The number of fused-ring (bicyclic) bond motifs is 5. The van der Waals surface area contributed by atoms with Crippen LogP contribution < -0.4 is 0 Å². The summed E-state index contributed by atoms with van der Waals surface area (Å²) in [6.45, 7) is 6.70. The zero-order valence-electron chi connectivity index (χ0n) is 22.0. The number of ketones is 1. The molecule has 0 radical (unpaired) electrons. The molecule has 4 fully saturated rings. The summed E-state index contributed by atoms with van der Waals surface area (Å²) in [5.41, 5.74) is -6.71. The summed E-state index contributed by atoms with van der Waals surface area (Å²) in [4.78, 5) is 50.6. The normalized spacial score (nSPS) is 47.5. The highest BCUT2D eigenvalue weighted by molar-refractivity contribution is 8.14. The fraction of sp³-hybridized carbons (Fsp3) is 0.714. The van der Waals surface area contributed by atoms with Crippen molar-refractivity contribution in [2.45, 2.75) is 88.6 Å². The Morgan fingerprint density at radius 2 is 1.95 bits per heavy atom. The largest absolute Gasteiger partial charge is 0.464 e. The van der Waals surface area contributed by atoms with Crippen molar-refractivity contribution in [2.24, 2.45) is 28.6 Å². The minimum Gasteiger partial charge on any atom is -0.464 e. The maximum atomic E-state index is 17.4. The molecule has 208 valence electrons. The third kappa shape index (κ3) is 3.47. The Balaban J connectivity index is 1.60. The molecule has 1 saturated heterocycles. The quantitative estimate of drug-likeness (QED) is 0.525. The number of rotatable bonds is 4. The molecule has 5 rings (SSSR count). The number of allylic oxidation sites excluding steroid dienone is 4. The van der Waals surface area contributed by atoms with Crippen molar-refractivity contribution in [3.63, 3.8) is 0 Å². The first-order valence-electron chi connectivity index (χ1n) is 13.3. The second kappa shape index (κ2) is 8.98. The first-order chi connectivity index (χ1) is 17.7. The van der Waals surface area contributed by atoms with Gasteiger partial charge in [-0.25, -0.2) is 8.78 Å². The molecule has 0 aromatic rings. The molecule has 10 atom stereocenters. The number of ether oxygens (including phenoxy) is 2. The number of thioether (sulfide) groups is 1. The van der Waals surface area contributed by atoms with E-state index >= 15 is 8.78 Å². The fourth-order valence-corrected chi connectivity index (χ4v) is 9.58. The van der Waals surface area contributed by atoms with E-state index in [4.69, 9.17) is 9.47 Å². The van der Waals surface area contributed by atoms with Crippen molar-refractivity contribution in [3.8, 4) is 0 Å². The molecule has 10 heteroatoms. The molecule has 0 aromatic carbocycles. The van der Waals surface area contributed by atoms with Crippen molar-refractivity contribution in [3.05, 3.63) is 23.8 Å². The van der Waals surface area contributed by atoms with Gasteiger partial charge in [-0.05, 0) is 49.8 Å². The number of carbonyl (C=O) groups excluding carboxylic acids is 4. The van der Waals surface area contributed by atoms with E-state index in [1.807, 2.05) is 0 Å². The third-order valence-corrected chi connectivity index (χ3v) is 11.3. The van der Waals surface area contributed by atoms with Gasteiger partial charge in [-0.3, -0.25) is 19.2 Å².